The fraction of sp³-hybridized carbons (Fsp3) is 0.900. The molecule has 2 fully saturated rings. The Kier molecular flexibility index (Phi) is 10.2. The van der Waals surface area contributed by atoms with Crippen LogP contribution in [0.4, 0.5) is 0 Å². The Morgan fingerprint density at radius 3 is 1.66 bits per heavy atom. The third-order valence-corrected chi connectivity index (χ3v) is 6.02. The molecule has 0 amide bonds. The monoisotopic (exact) mass is 466 g/mol. The molecule has 0 aromatic carbocycles. The molecule has 0 saturated carbocycles. The van der Waals surface area contributed by atoms with Gasteiger partial charge in [-0.05, 0) is 6.42 Å². The molecular formula is C20H34O12. The van der Waals surface area contributed by atoms with Gasteiger partial charge in [-0.1, -0.05) is 6.92 Å². The lowest BCUT2D eigenvalue weighted by atomic mass is 9.84. The van der Waals surface area contributed by atoms with Gasteiger partial charge in [0.25, 0.3) is 0 Å². The van der Waals surface area contributed by atoms with E-state index in [1.807, 2.05) is 0 Å². The van der Waals surface area contributed by atoms with E-state index in [0.29, 0.717) is 6.42 Å². The molecule has 0 radical (unpaired) electrons. The first-order valence-electron chi connectivity index (χ1n) is 10.5. The predicted octanol–water partition coefficient (Wildman–Crippen LogP) is -2.38. The van der Waals surface area contributed by atoms with Crippen molar-refractivity contribution in [3.63, 3.8) is 0 Å². The lowest BCUT2D eigenvalue weighted by Crippen LogP contribution is -2.60. The summed E-state index contributed by atoms with van der Waals surface area (Å²) in [7, 11) is 3.75. The van der Waals surface area contributed by atoms with Crippen LogP contribution in [0.15, 0.2) is 0 Å². The quantitative estimate of drug-likeness (QED) is 0.266. The normalized spacial score (nSPS) is 40.0. The third-order valence-electron chi connectivity index (χ3n) is 6.02. The fourth-order valence-corrected chi connectivity index (χ4v) is 4.14. The summed E-state index contributed by atoms with van der Waals surface area (Å²) in [5.41, 5.74) is 0. The summed E-state index contributed by atoms with van der Waals surface area (Å²) in [5.74, 6) is -3.08. The van der Waals surface area contributed by atoms with Crippen molar-refractivity contribution in [2.75, 3.05) is 41.2 Å². The van der Waals surface area contributed by atoms with Crippen molar-refractivity contribution in [2.45, 2.75) is 62.2 Å². The van der Waals surface area contributed by atoms with Crippen molar-refractivity contribution in [3.05, 3.63) is 0 Å². The standard InChI is InChI=1S/C20H34O12/c1-5-9-13(21)16(24)12(32-17(9)19(25)28-3)8-30-6-10-14(22)15(23)11(7-27-2)31-18(10)20(26)29-4/h9-18,21-24H,5-8H2,1-4H3/t9-,10+,11-,12+,13-,14-,15?,16?,17?,18?/m1/s1. The first kappa shape index (κ1) is 26.9. The highest BCUT2D eigenvalue weighted by Gasteiger charge is 2.49. The maximum absolute atomic E-state index is 12.2. The van der Waals surface area contributed by atoms with Crippen LogP contribution in [-0.2, 0) is 38.0 Å². The smallest absolute Gasteiger partial charge is 0.335 e. The van der Waals surface area contributed by atoms with Gasteiger partial charge in [0, 0.05) is 18.9 Å². The average molecular weight is 466 g/mol. The summed E-state index contributed by atoms with van der Waals surface area (Å²) in [6.07, 6.45) is -9.25. The van der Waals surface area contributed by atoms with Crippen LogP contribution in [0.25, 0.3) is 0 Å². The van der Waals surface area contributed by atoms with E-state index in [1.54, 1.807) is 6.92 Å². The van der Waals surface area contributed by atoms with E-state index < -0.39 is 72.6 Å². The van der Waals surface area contributed by atoms with Crippen molar-refractivity contribution >= 4 is 11.9 Å². The van der Waals surface area contributed by atoms with E-state index in [2.05, 4.69) is 0 Å². The number of carbonyl (C=O) groups is 2. The Hall–Kier alpha value is -1.38. The Balaban J connectivity index is 2.06. The van der Waals surface area contributed by atoms with E-state index in [1.165, 1.54) is 14.2 Å². The van der Waals surface area contributed by atoms with E-state index in [4.69, 9.17) is 28.4 Å². The highest BCUT2D eigenvalue weighted by Crippen LogP contribution is 2.31. The largest absolute Gasteiger partial charge is 0.467 e. The second-order valence-corrected chi connectivity index (χ2v) is 7.93. The molecule has 32 heavy (non-hydrogen) atoms. The van der Waals surface area contributed by atoms with Gasteiger partial charge in [0.1, 0.15) is 24.4 Å². The minimum absolute atomic E-state index is 0.0488. The van der Waals surface area contributed by atoms with Crippen LogP contribution in [0.2, 0.25) is 0 Å². The first-order valence-corrected chi connectivity index (χ1v) is 10.5. The van der Waals surface area contributed by atoms with Crippen LogP contribution in [0, 0.1) is 11.8 Å². The third kappa shape index (κ3) is 5.75. The lowest BCUT2D eigenvalue weighted by Gasteiger charge is -2.43. The molecule has 2 aliphatic heterocycles. The maximum Gasteiger partial charge on any atom is 0.335 e. The molecule has 4 N–H and O–H groups in total. The predicted molar refractivity (Wildman–Crippen MR) is 105 cm³/mol. The Morgan fingerprint density at radius 1 is 0.719 bits per heavy atom. The number of aliphatic hydroxyl groups excluding tert-OH is 4. The molecule has 0 spiro atoms. The molecule has 12 heteroatoms. The summed E-state index contributed by atoms with van der Waals surface area (Å²) in [5, 5.41) is 41.7. The van der Waals surface area contributed by atoms with Crippen LogP contribution in [0.3, 0.4) is 0 Å². The van der Waals surface area contributed by atoms with Crippen molar-refractivity contribution in [1.29, 1.82) is 0 Å². The summed E-state index contributed by atoms with van der Waals surface area (Å²) in [6.45, 7) is 1.17. The molecule has 186 valence electrons. The highest BCUT2D eigenvalue weighted by atomic mass is 16.6. The zero-order valence-corrected chi connectivity index (χ0v) is 18.7. The average Bonchev–Trinajstić information content (AvgIpc) is 2.79. The topological polar surface area (TPSA) is 170 Å². The van der Waals surface area contributed by atoms with Gasteiger partial charge in [-0.15, -0.1) is 0 Å². The van der Waals surface area contributed by atoms with Gasteiger partial charge in [0.2, 0.25) is 0 Å². The summed E-state index contributed by atoms with van der Waals surface area (Å²) in [6, 6.07) is 0. The van der Waals surface area contributed by atoms with E-state index in [0.717, 1.165) is 7.11 Å². The van der Waals surface area contributed by atoms with Gasteiger partial charge >= 0.3 is 11.9 Å². The second-order valence-electron chi connectivity index (χ2n) is 7.93. The number of carbonyl (C=O) groups excluding carboxylic acids is 2. The van der Waals surface area contributed by atoms with Gasteiger partial charge in [0.05, 0.1) is 46.2 Å². The SMILES string of the molecule is CC[C@H]1C(C(=O)OC)O[C@@H](COC[C@@H]2C(C(=O)OC)O[C@H](COC)C(O)[C@@H]2O)C(O)[C@@H]1O. The van der Waals surface area contributed by atoms with Crippen LogP contribution in [0.5, 0.6) is 0 Å². The minimum atomic E-state index is -1.39. The number of hydrogen-bond acceptors (Lipinski definition) is 12. The number of methoxy groups -OCH3 is 3. The number of esters is 2. The maximum atomic E-state index is 12.2. The van der Waals surface area contributed by atoms with E-state index in [9.17, 15) is 30.0 Å². The highest BCUT2D eigenvalue weighted by molar-refractivity contribution is 5.75. The fourth-order valence-electron chi connectivity index (χ4n) is 4.14. The molecule has 10 atom stereocenters. The van der Waals surface area contributed by atoms with E-state index in [-0.39, 0.29) is 19.8 Å². The van der Waals surface area contributed by atoms with Crippen LogP contribution in [0.1, 0.15) is 13.3 Å². The molecule has 4 unspecified atom stereocenters. The first-order chi connectivity index (χ1) is 15.2. The molecule has 0 aliphatic carbocycles. The van der Waals surface area contributed by atoms with Gasteiger partial charge < -0.3 is 48.8 Å². The molecule has 2 saturated heterocycles. The van der Waals surface area contributed by atoms with Crippen LogP contribution < -0.4 is 0 Å². The minimum Gasteiger partial charge on any atom is -0.467 e. The van der Waals surface area contributed by atoms with Gasteiger partial charge in [-0.3, -0.25) is 0 Å². The number of aliphatic hydroxyl groups is 4. The molecule has 2 rings (SSSR count). The Labute approximate surface area is 186 Å². The molecule has 0 aromatic rings. The molecule has 2 heterocycles. The molecule has 2 aliphatic rings. The zero-order chi connectivity index (χ0) is 24.0. The molecule has 12 nitrogen and oxygen atoms in total. The Bertz CT molecular complexity index is 615. The van der Waals surface area contributed by atoms with Crippen LogP contribution in [-0.4, -0.2) is 122 Å². The number of ether oxygens (including phenoxy) is 6. The lowest BCUT2D eigenvalue weighted by molar-refractivity contribution is -0.238. The zero-order valence-electron chi connectivity index (χ0n) is 18.7. The number of rotatable bonds is 9. The number of hydrogen-bond donors (Lipinski definition) is 4. The van der Waals surface area contributed by atoms with Gasteiger partial charge in [0.15, 0.2) is 12.2 Å². The summed E-state index contributed by atoms with van der Waals surface area (Å²) >= 11 is 0. The Morgan fingerprint density at radius 2 is 1.19 bits per heavy atom. The summed E-state index contributed by atoms with van der Waals surface area (Å²) < 4.78 is 31.2. The molecule has 0 aromatic heterocycles. The van der Waals surface area contributed by atoms with Crippen LogP contribution >= 0.6 is 0 Å². The van der Waals surface area contributed by atoms with Gasteiger partial charge in [-0.25, -0.2) is 9.59 Å². The van der Waals surface area contributed by atoms with E-state index >= 15 is 0 Å². The summed E-state index contributed by atoms with van der Waals surface area (Å²) in [4.78, 5) is 24.2. The van der Waals surface area contributed by atoms with Crippen molar-refractivity contribution in [3.8, 4) is 0 Å². The van der Waals surface area contributed by atoms with Crippen molar-refractivity contribution in [2.24, 2.45) is 11.8 Å². The molecular weight excluding hydrogens is 432 g/mol. The molecule has 0 bridgehead atoms. The van der Waals surface area contributed by atoms with Gasteiger partial charge in [-0.2, -0.15) is 0 Å². The second kappa shape index (κ2) is 12.2. The van der Waals surface area contributed by atoms with Crippen molar-refractivity contribution in [1.82, 2.24) is 0 Å². The van der Waals surface area contributed by atoms with Crippen molar-refractivity contribution < 1.29 is 58.4 Å².